The van der Waals surface area contributed by atoms with Crippen molar-refractivity contribution in [1.82, 2.24) is 19.9 Å². The molecule has 0 aliphatic rings. The van der Waals surface area contributed by atoms with Crippen LogP contribution in [-0.4, -0.2) is 33.3 Å². The van der Waals surface area contributed by atoms with Gasteiger partial charge in [0.1, 0.15) is 11.3 Å². The van der Waals surface area contributed by atoms with Gasteiger partial charge in [-0.25, -0.2) is 4.98 Å². The highest BCUT2D eigenvalue weighted by Crippen LogP contribution is 2.23. The molecular weight excluding hydrogens is 400 g/mol. The molecule has 30 heavy (non-hydrogen) atoms. The van der Waals surface area contributed by atoms with E-state index in [-0.39, 0.29) is 29.3 Å². The Morgan fingerprint density at radius 3 is 2.63 bits per heavy atom. The minimum absolute atomic E-state index is 0.0122. The van der Waals surface area contributed by atoms with Crippen LogP contribution in [0.5, 0.6) is 5.75 Å². The molecule has 1 amide bonds. The average Bonchev–Trinajstić information content (AvgIpc) is 3.12. The van der Waals surface area contributed by atoms with Crippen LogP contribution in [0, 0.1) is 6.92 Å². The summed E-state index contributed by atoms with van der Waals surface area (Å²) in [6.45, 7) is 7.85. The molecule has 1 aromatic carbocycles. The summed E-state index contributed by atoms with van der Waals surface area (Å²) in [6, 6.07) is 9.31. The highest BCUT2D eigenvalue weighted by molar-refractivity contribution is 7.99. The summed E-state index contributed by atoms with van der Waals surface area (Å²) < 4.78 is 6.85. The van der Waals surface area contributed by atoms with Gasteiger partial charge in [0.15, 0.2) is 5.16 Å². The first-order chi connectivity index (χ1) is 14.3. The van der Waals surface area contributed by atoms with Gasteiger partial charge in [-0.2, -0.15) is 0 Å². The van der Waals surface area contributed by atoms with Crippen LogP contribution in [0.3, 0.4) is 0 Å². The van der Waals surface area contributed by atoms with E-state index in [1.54, 1.807) is 11.7 Å². The molecule has 2 heterocycles. The second-order valence-electron chi connectivity index (χ2n) is 7.39. The lowest BCUT2D eigenvalue weighted by atomic mass is 10.1. The Balaban J connectivity index is 1.75. The number of rotatable bonds is 8. The number of ether oxygens (including phenoxy) is 1. The minimum Gasteiger partial charge on any atom is -0.497 e. The Labute approximate surface area is 180 Å². The third-order valence-electron chi connectivity index (χ3n) is 5.14. The number of thioether (sulfide) groups is 1. The first kappa shape index (κ1) is 22.0. The number of aromatic amines is 1. The van der Waals surface area contributed by atoms with Crippen LogP contribution >= 0.6 is 11.8 Å². The number of aryl methyl sites for hydroxylation is 1. The molecule has 0 aliphatic heterocycles. The minimum atomic E-state index is -0.136. The first-order valence-corrected chi connectivity index (χ1v) is 11.0. The maximum atomic E-state index is 13.0. The molecule has 0 fully saturated rings. The summed E-state index contributed by atoms with van der Waals surface area (Å²) in [7, 11) is 1.62. The topological polar surface area (TPSA) is 89.0 Å². The van der Waals surface area contributed by atoms with E-state index in [0.717, 1.165) is 23.4 Å². The lowest BCUT2D eigenvalue weighted by Crippen LogP contribution is -2.29. The van der Waals surface area contributed by atoms with E-state index in [4.69, 9.17) is 4.74 Å². The van der Waals surface area contributed by atoms with Crippen molar-refractivity contribution < 1.29 is 9.53 Å². The van der Waals surface area contributed by atoms with Crippen molar-refractivity contribution >= 4 is 28.7 Å². The molecule has 2 atom stereocenters. The lowest BCUT2D eigenvalue weighted by Gasteiger charge is -2.18. The number of carbonyl (C=O) groups is 1. The monoisotopic (exact) mass is 428 g/mol. The summed E-state index contributed by atoms with van der Waals surface area (Å²) in [4.78, 5) is 33.3. The Morgan fingerprint density at radius 1 is 1.30 bits per heavy atom. The van der Waals surface area contributed by atoms with Gasteiger partial charge in [0.2, 0.25) is 5.91 Å². The number of hydrogen-bond donors (Lipinski definition) is 2. The fourth-order valence-corrected chi connectivity index (χ4v) is 4.16. The lowest BCUT2D eigenvalue weighted by molar-refractivity contribution is -0.119. The van der Waals surface area contributed by atoms with Gasteiger partial charge in [0.05, 0.1) is 24.4 Å². The van der Waals surface area contributed by atoms with Gasteiger partial charge >= 0.3 is 0 Å². The number of aromatic nitrogens is 3. The fourth-order valence-electron chi connectivity index (χ4n) is 3.25. The Bertz CT molecular complexity index is 1090. The smallest absolute Gasteiger partial charge is 0.278 e. The molecule has 0 spiro atoms. The molecular formula is C22H28N4O3S. The summed E-state index contributed by atoms with van der Waals surface area (Å²) in [5.41, 5.74) is 2.92. The number of nitrogens with one attached hydrogen (secondary N) is 2. The Hall–Kier alpha value is -2.74. The quantitative estimate of drug-likeness (QED) is 0.418. The van der Waals surface area contributed by atoms with Crippen molar-refractivity contribution in [3.05, 3.63) is 51.9 Å². The van der Waals surface area contributed by atoms with Crippen molar-refractivity contribution in [2.45, 2.75) is 51.4 Å². The van der Waals surface area contributed by atoms with Gasteiger partial charge < -0.3 is 15.0 Å². The zero-order chi connectivity index (χ0) is 21.8. The Kier molecular flexibility index (Phi) is 6.87. The fraction of sp³-hybridized carbons (Fsp3) is 0.409. The molecule has 0 unspecified atom stereocenters. The van der Waals surface area contributed by atoms with Crippen LogP contribution in [0.2, 0.25) is 0 Å². The summed E-state index contributed by atoms with van der Waals surface area (Å²) in [6.07, 6.45) is 0.793. The predicted octanol–water partition coefficient (Wildman–Crippen LogP) is 3.98. The van der Waals surface area contributed by atoms with Crippen LogP contribution < -0.4 is 15.6 Å². The van der Waals surface area contributed by atoms with Gasteiger partial charge in [-0.05, 0) is 51.0 Å². The number of fused-ring (bicyclic) bond motifs is 1. The van der Waals surface area contributed by atoms with Gasteiger partial charge in [-0.3, -0.25) is 14.2 Å². The maximum absolute atomic E-state index is 13.0. The van der Waals surface area contributed by atoms with E-state index in [2.05, 4.69) is 15.3 Å². The van der Waals surface area contributed by atoms with Crippen LogP contribution in [0.1, 0.15) is 50.5 Å². The van der Waals surface area contributed by atoms with E-state index in [0.29, 0.717) is 16.2 Å². The normalized spacial score (nSPS) is 13.2. The molecule has 0 radical (unpaired) electrons. The Morgan fingerprint density at radius 2 is 2.00 bits per heavy atom. The van der Waals surface area contributed by atoms with Gasteiger partial charge in [-0.1, -0.05) is 30.8 Å². The van der Waals surface area contributed by atoms with Crippen LogP contribution in [0.15, 0.2) is 40.3 Å². The number of amides is 1. The molecule has 0 saturated heterocycles. The second-order valence-corrected chi connectivity index (χ2v) is 8.33. The van der Waals surface area contributed by atoms with Gasteiger partial charge in [0, 0.05) is 11.7 Å². The van der Waals surface area contributed by atoms with Gasteiger partial charge in [0.25, 0.3) is 5.56 Å². The zero-order valence-corrected chi connectivity index (χ0v) is 18.8. The maximum Gasteiger partial charge on any atom is 0.278 e. The van der Waals surface area contributed by atoms with Crippen molar-refractivity contribution in [3.63, 3.8) is 0 Å². The van der Waals surface area contributed by atoms with E-state index in [1.807, 2.05) is 58.0 Å². The van der Waals surface area contributed by atoms with Crippen LogP contribution in [-0.2, 0) is 4.79 Å². The van der Waals surface area contributed by atoms with Crippen molar-refractivity contribution in [1.29, 1.82) is 0 Å². The summed E-state index contributed by atoms with van der Waals surface area (Å²) in [5.74, 6) is 0.842. The highest BCUT2D eigenvalue weighted by atomic mass is 32.2. The standard InChI is InChI=1S/C22H28N4O3S/c1-6-14(3)26-21(28)20-18(11-13(2)23-20)25-22(26)30-12-19(27)24-15(4)16-7-9-17(29-5)10-8-16/h7-11,14-15,23H,6,12H2,1-5H3,(H,24,27)/t14-,15-/m1/s1. The third-order valence-corrected chi connectivity index (χ3v) is 6.10. The number of carbonyl (C=O) groups excluding carboxylic acids is 1. The molecule has 8 heteroatoms. The molecule has 2 N–H and O–H groups in total. The third kappa shape index (κ3) is 4.70. The molecule has 3 rings (SSSR count). The molecule has 7 nitrogen and oxygen atoms in total. The van der Waals surface area contributed by atoms with E-state index in [9.17, 15) is 9.59 Å². The summed E-state index contributed by atoms with van der Waals surface area (Å²) in [5, 5.41) is 3.56. The number of methoxy groups -OCH3 is 1. The predicted molar refractivity (Wildman–Crippen MR) is 120 cm³/mol. The summed E-state index contributed by atoms with van der Waals surface area (Å²) >= 11 is 1.29. The number of benzene rings is 1. The molecule has 0 saturated carbocycles. The van der Waals surface area contributed by atoms with Crippen molar-refractivity contribution in [2.24, 2.45) is 0 Å². The van der Waals surface area contributed by atoms with Crippen LogP contribution in [0.4, 0.5) is 0 Å². The largest absolute Gasteiger partial charge is 0.497 e. The molecule has 0 bridgehead atoms. The number of H-pyrrole nitrogens is 1. The second kappa shape index (κ2) is 9.38. The average molecular weight is 429 g/mol. The SMILES string of the molecule is CC[C@@H](C)n1c(SCC(=O)N[C@H](C)c2ccc(OC)cc2)nc2cc(C)[nH]c2c1=O. The molecule has 0 aliphatic carbocycles. The number of nitrogens with zero attached hydrogens (tertiary/aromatic N) is 2. The van der Waals surface area contributed by atoms with E-state index >= 15 is 0 Å². The first-order valence-electron chi connectivity index (χ1n) is 10.0. The van der Waals surface area contributed by atoms with Crippen molar-refractivity contribution in [2.75, 3.05) is 12.9 Å². The van der Waals surface area contributed by atoms with Gasteiger partial charge in [-0.15, -0.1) is 0 Å². The van der Waals surface area contributed by atoms with E-state index in [1.165, 1.54) is 11.8 Å². The van der Waals surface area contributed by atoms with Crippen molar-refractivity contribution in [3.8, 4) is 5.75 Å². The molecule has 2 aromatic heterocycles. The molecule has 160 valence electrons. The molecule has 3 aromatic rings. The number of hydrogen-bond acceptors (Lipinski definition) is 5. The highest BCUT2D eigenvalue weighted by Gasteiger charge is 2.18. The van der Waals surface area contributed by atoms with E-state index < -0.39 is 0 Å². The zero-order valence-electron chi connectivity index (χ0n) is 18.0. The van der Waals surface area contributed by atoms with Crippen LogP contribution in [0.25, 0.3) is 11.0 Å².